The quantitative estimate of drug-likeness (QED) is 0.493. The number of nitrogens with zero attached hydrogens (tertiary/aromatic N) is 6. The molecule has 0 amide bonds. The lowest BCUT2D eigenvalue weighted by molar-refractivity contribution is 0.161. The van der Waals surface area contributed by atoms with Crippen LogP contribution in [0.15, 0.2) is 29.6 Å². The molecule has 0 unspecified atom stereocenters. The van der Waals surface area contributed by atoms with Crippen LogP contribution in [0, 0.1) is 12.7 Å². The van der Waals surface area contributed by atoms with Crippen molar-refractivity contribution in [3.8, 4) is 5.69 Å². The van der Waals surface area contributed by atoms with Gasteiger partial charge in [0.25, 0.3) is 5.56 Å². The summed E-state index contributed by atoms with van der Waals surface area (Å²) in [5, 5.41) is 4.46. The summed E-state index contributed by atoms with van der Waals surface area (Å²) < 4.78 is 18.0. The highest BCUT2D eigenvalue weighted by molar-refractivity contribution is 7.22. The van der Waals surface area contributed by atoms with Crippen LogP contribution in [0.1, 0.15) is 46.2 Å². The molecule has 0 atom stereocenters. The van der Waals surface area contributed by atoms with Gasteiger partial charge in [0.2, 0.25) is 0 Å². The van der Waals surface area contributed by atoms with Crippen molar-refractivity contribution in [2.45, 2.75) is 64.6 Å². The van der Waals surface area contributed by atoms with Gasteiger partial charge < -0.3 is 14.6 Å². The van der Waals surface area contributed by atoms with Crippen LogP contribution in [0.2, 0.25) is 0 Å². The fraction of sp³-hybridized carbons (Fsp3) is 0.478. The van der Waals surface area contributed by atoms with Crippen LogP contribution in [0.4, 0.5) is 9.52 Å². The Morgan fingerprint density at radius 2 is 1.88 bits per heavy atom. The van der Waals surface area contributed by atoms with Gasteiger partial charge in [0.1, 0.15) is 11.0 Å². The number of hydrogen-bond donors (Lipinski definition) is 1. The zero-order valence-electron chi connectivity index (χ0n) is 19.7. The number of aromatic nitrogens is 5. The van der Waals surface area contributed by atoms with Gasteiger partial charge in [-0.25, -0.2) is 14.4 Å². The van der Waals surface area contributed by atoms with Crippen molar-refractivity contribution in [2.75, 3.05) is 11.9 Å². The summed E-state index contributed by atoms with van der Waals surface area (Å²) in [5.74, 6) is -0.492. The minimum absolute atomic E-state index is 0.00326. The lowest BCUT2D eigenvalue weighted by Crippen LogP contribution is -2.61. The first-order valence-electron chi connectivity index (χ1n) is 11.0. The van der Waals surface area contributed by atoms with E-state index in [-0.39, 0.29) is 28.3 Å². The minimum atomic E-state index is -0.492. The fourth-order valence-electron chi connectivity index (χ4n) is 5.13. The van der Waals surface area contributed by atoms with Crippen LogP contribution in [0.3, 0.4) is 0 Å². The number of hydrogen-bond acceptors (Lipinski definition) is 7. The first-order chi connectivity index (χ1) is 15.4. The van der Waals surface area contributed by atoms with Crippen molar-refractivity contribution in [1.29, 1.82) is 0 Å². The highest BCUT2D eigenvalue weighted by Crippen LogP contribution is 2.35. The highest BCUT2D eigenvalue weighted by Gasteiger charge is 2.39. The lowest BCUT2D eigenvalue weighted by Gasteiger charge is -2.48. The second-order valence-corrected chi connectivity index (χ2v) is 11.3. The Bertz CT molecular complexity index is 1420. The van der Waals surface area contributed by atoms with Crippen LogP contribution >= 0.6 is 11.3 Å². The second kappa shape index (κ2) is 7.33. The number of aryl methyl sites for hydroxylation is 1. The first-order valence-corrected chi connectivity index (χ1v) is 11.8. The zero-order chi connectivity index (χ0) is 23.7. The summed E-state index contributed by atoms with van der Waals surface area (Å²) in [6.45, 7) is 10.7. The smallest absolute Gasteiger partial charge is 0.277 e. The second-order valence-electron chi connectivity index (χ2n) is 10.3. The Hall–Kier alpha value is -2.85. The van der Waals surface area contributed by atoms with Gasteiger partial charge in [-0.05, 0) is 47.5 Å². The third kappa shape index (κ3) is 3.91. The number of anilines is 1. The van der Waals surface area contributed by atoms with E-state index in [1.807, 2.05) is 7.05 Å². The standard InChI is InChI=1S/C23H28FN7OS/c1-13-10-30-11-14(7-16(24)19(30)26-13)31-12-25-18-17(20(31)32)33-21(27-18)29(6)15-8-22(2,3)28-23(4,5)9-15/h7,10-12,15,28H,8-9H2,1-6H3. The summed E-state index contributed by atoms with van der Waals surface area (Å²) in [7, 11) is 2.03. The lowest BCUT2D eigenvalue weighted by atomic mass is 9.79. The molecule has 4 aromatic rings. The number of pyridine rings is 1. The van der Waals surface area contributed by atoms with Gasteiger partial charge in [0.05, 0.1) is 11.4 Å². The van der Waals surface area contributed by atoms with Crippen molar-refractivity contribution >= 4 is 32.5 Å². The summed E-state index contributed by atoms with van der Waals surface area (Å²) in [5.41, 5.74) is 1.46. The molecule has 4 aromatic heterocycles. The minimum Gasteiger partial charge on any atom is -0.348 e. The third-order valence-corrected chi connectivity index (χ3v) is 7.34. The summed E-state index contributed by atoms with van der Waals surface area (Å²) in [4.78, 5) is 28.7. The molecule has 5 heterocycles. The average molecular weight is 470 g/mol. The molecule has 0 spiro atoms. The largest absolute Gasteiger partial charge is 0.348 e. The van der Waals surface area contributed by atoms with Gasteiger partial charge in [0.15, 0.2) is 22.2 Å². The number of piperidine rings is 1. The molecular weight excluding hydrogens is 441 g/mol. The van der Waals surface area contributed by atoms with E-state index in [0.717, 1.165) is 18.0 Å². The number of imidazole rings is 1. The molecule has 0 aliphatic carbocycles. The van der Waals surface area contributed by atoms with Gasteiger partial charge in [-0.3, -0.25) is 9.36 Å². The van der Waals surface area contributed by atoms with Gasteiger partial charge in [0, 0.05) is 42.6 Å². The van der Waals surface area contributed by atoms with Crippen molar-refractivity contribution in [1.82, 2.24) is 29.2 Å². The van der Waals surface area contributed by atoms with Crippen molar-refractivity contribution in [3.05, 3.63) is 46.7 Å². The molecule has 10 heteroatoms. The van der Waals surface area contributed by atoms with Gasteiger partial charge in [-0.15, -0.1) is 0 Å². The Morgan fingerprint density at radius 3 is 2.58 bits per heavy atom. The molecule has 1 aliphatic heterocycles. The number of rotatable bonds is 3. The maximum atomic E-state index is 14.6. The maximum absolute atomic E-state index is 14.6. The van der Waals surface area contributed by atoms with Crippen LogP contribution < -0.4 is 15.8 Å². The predicted octanol–water partition coefficient (Wildman–Crippen LogP) is 3.68. The summed E-state index contributed by atoms with van der Waals surface area (Å²) in [6.07, 6.45) is 6.74. The van der Waals surface area contributed by atoms with E-state index in [2.05, 4.69) is 52.9 Å². The monoisotopic (exact) mass is 469 g/mol. The Kier molecular flexibility index (Phi) is 4.88. The third-order valence-electron chi connectivity index (χ3n) is 6.22. The van der Waals surface area contributed by atoms with E-state index in [9.17, 15) is 9.18 Å². The van der Waals surface area contributed by atoms with Crippen molar-refractivity contribution < 1.29 is 4.39 Å². The van der Waals surface area contributed by atoms with Crippen LogP contribution in [0.25, 0.3) is 21.7 Å². The summed E-state index contributed by atoms with van der Waals surface area (Å²) in [6, 6.07) is 1.59. The van der Waals surface area contributed by atoms with Crippen molar-refractivity contribution in [3.63, 3.8) is 0 Å². The average Bonchev–Trinajstić information content (AvgIpc) is 3.29. The van der Waals surface area contributed by atoms with Gasteiger partial charge in [-0.1, -0.05) is 11.3 Å². The van der Waals surface area contributed by atoms with E-state index >= 15 is 0 Å². The van der Waals surface area contributed by atoms with E-state index in [1.54, 1.807) is 23.7 Å². The van der Waals surface area contributed by atoms with Crippen LogP contribution in [-0.2, 0) is 0 Å². The van der Waals surface area contributed by atoms with Crippen molar-refractivity contribution in [2.24, 2.45) is 0 Å². The molecule has 0 bridgehead atoms. The predicted molar refractivity (Wildman–Crippen MR) is 129 cm³/mol. The Morgan fingerprint density at radius 1 is 1.18 bits per heavy atom. The zero-order valence-corrected chi connectivity index (χ0v) is 20.5. The van der Waals surface area contributed by atoms with E-state index in [0.29, 0.717) is 21.7 Å². The normalized spacial score (nSPS) is 18.3. The molecule has 1 N–H and O–H groups in total. The molecule has 8 nitrogen and oxygen atoms in total. The fourth-order valence-corrected chi connectivity index (χ4v) is 6.12. The molecule has 33 heavy (non-hydrogen) atoms. The van der Waals surface area contributed by atoms with E-state index in [1.165, 1.54) is 28.3 Å². The SMILES string of the molecule is Cc1cn2cc(-n3cnc4nc(N(C)C5CC(C)(C)NC(C)(C)C5)sc4c3=O)cc(F)c2n1. The Balaban J connectivity index is 1.54. The number of thiazole rings is 1. The van der Waals surface area contributed by atoms with E-state index in [4.69, 9.17) is 0 Å². The first kappa shape index (κ1) is 22.0. The number of halogens is 1. The molecule has 174 valence electrons. The Labute approximate surface area is 195 Å². The molecule has 1 saturated heterocycles. The number of nitrogens with one attached hydrogen (secondary N) is 1. The maximum Gasteiger partial charge on any atom is 0.277 e. The highest BCUT2D eigenvalue weighted by atomic mass is 32.1. The topological polar surface area (TPSA) is 80.4 Å². The van der Waals surface area contributed by atoms with Crippen LogP contribution in [-0.4, -0.2) is 48.1 Å². The number of fused-ring (bicyclic) bond motifs is 2. The molecule has 0 saturated carbocycles. The van der Waals surface area contributed by atoms with Crippen LogP contribution in [0.5, 0.6) is 0 Å². The molecule has 1 fully saturated rings. The molecule has 0 radical (unpaired) electrons. The molecule has 5 rings (SSSR count). The molecule has 1 aliphatic rings. The van der Waals surface area contributed by atoms with Gasteiger partial charge >= 0.3 is 0 Å². The molecule has 0 aromatic carbocycles. The molecular formula is C23H28FN7OS. The van der Waals surface area contributed by atoms with Gasteiger partial charge in [-0.2, -0.15) is 4.98 Å². The van der Waals surface area contributed by atoms with E-state index < -0.39 is 5.82 Å². The summed E-state index contributed by atoms with van der Waals surface area (Å²) >= 11 is 1.33.